The second-order valence-electron chi connectivity index (χ2n) is 5.87. The van der Waals surface area contributed by atoms with Crippen molar-refractivity contribution in [2.24, 2.45) is 0 Å². The zero-order valence-corrected chi connectivity index (χ0v) is 13.0. The van der Waals surface area contributed by atoms with Crippen LogP contribution in [-0.4, -0.2) is 14.8 Å². The molecule has 0 amide bonds. The summed E-state index contributed by atoms with van der Waals surface area (Å²) in [6.45, 7) is 6.00. The highest BCUT2D eigenvalue weighted by atomic mass is 15.3. The Kier molecular flexibility index (Phi) is 4.34. The van der Waals surface area contributed by atoms with Gasteiger partial charge in [-0.25, -0.2) is 0 Å². The Morgan fingerprint density at radius 3 is 2.86 bits per heavy atom. The molecule has 1 aromatic carbocycles. The molecule has 1 unspecified atom stereocenters. The lowest BCUT2D eigenvalue weighted by atomic mass is 9.89. The number of aromatic nitrogens is 3. The van der Waals surface area contributed by atoms with Crippen LogP contribution in [0, 0.1) is 0 Å². The van der Waals surface area contributed by atoms with E-state index in [1.807, 2.05) is 0 Å². The van der Waals surface area contributed by atoms with E-state index >= 15 is 0 Å². The van der Waals surface area contributed by atoms with Gasteiger partial charge < -0.3 is 9.88 Å². The van der Waals surface area contributed by atoms with Crippen LogP contribution >= 0.6 is 0 Å². The van der Waals surface area contributed by atoms with Crippen molar-refractivity contribution < 1.29 is 0 Å². The van der Waals surface area contributed by atoms with Crippen molar-refractivity contribution in [3.05, 3.63) is 47.0 Å². The standard InChI is InChI=1S/C17H24N4/c1-3-21-12-19-20-17(21)11-18-13(2)15-9-8-14-6-4-5-7-16(14)10-15/h8-10,12-13,18H,3-7,11H2,1-2H3. The molecule has 4 heteroatoms. The van der Waals surface area contributed by atoms with E-state index in [0.29, 0.717) is 6.04 Å². The lowest BCUT2D eigenvalue weighted by Crippen LogP contribution is -2.21. The number of fused-ring (bicyclic) bond motifs is 1. The average molecular weight is 284 g/mol. The first-order valence-electron chi connectivity index (χ1n) is 7.99. The second-order valence-corrected chi connectivity index (χ2v) is 5.87. The Hall–Kier alpha value is -1.68. The van der Waals surface area contributed by atoms with Crippen LogP contribution in [0.25, 0.3) is 0 Å². The quantitative estimate of drug-likeness (QED) is 0.917. The molecule has 21 heavy (non-hydrogen) atoms. The van der Waals surface area contributed by atoms with Gasteiger partial charge in [0, 0.05) is 12.6 Å². The molecule has 0 saturated carbocycles. The van der Waals surface area contributed by atoms with Gasteiger partial charge >= 0.3 is 0 Å². The molecule has 0 aliphatic heterocycles. The van der Waals surface area contributed by atoms with Gasteiger partial charge in [0.25, 0.3) is 0 Å². The summed E-state index contributed by atoms with van der Waals surface area (Å²) in [4.78, 5) is 0. The van der Waals surface area contributed by atoms with Crippen molar-refractivity contribution in [3.63, 3.8) is 0 Å². The van der Waals surface area contributed by atoms with Gasteiger partial charge in [0.1, 0.15) is 12.2 Å². The molecule has 112 valence electrons. The average Bonchev–Trinajstić information content (AvgIpc) is 2.99. The normalized spacial score (nSPS) is 15.7. The third-order valence-corrected chi connectivity index (χ3v) is 4.48. The first kappa shape index (κ1) is 14.3. The first-order chi connectivity index (χ1) is 10.3. The molecule has 1 atom stereocenters. The highest BCUT2D eigenvalue weighted by Crippen LogP contribution is 2.24. The molecule has 3 rings (SSSR count). The molecular weight excluding hydrogens is 260 g/mol. The van der Waals surface area contributed by atoms with E-state index in [9.17, 15) is 0 Å². The largest absolute Gasteiger partial charge is 0.317 e. The van der Waals surface area contributed by atoms with Crippen LogP contribution in [0.3, 0.4) is 0 Å². The monoisotopic (exact) mass is 284 g/mol. The van der Waals surface area contributed by atoms with Gasteiger partial charge in [0.05, 0.1) is 6.54 Å². The van der Waals surface area contributed by atoms with Crippen molar-refractivity contribution in [1.29, 1.82) is 0 Å². The molecule has 4 nitrogen and oxygen atoms in total. The summed E-state index contributed by atoms with van der Waals surface area (Å²) in [5.74, 6) is 1.00. The Labute approximate surface area is 126 Å². The molecule has 1 N–H and O–H groups in total. The highest BCUT2D eigenvalue weighted by Gasteiger charge is 2.13. The van der Waals surface area contributed by atoms with Crippen LogP contribution in [-0.2, 0) is 25.9 Å². The van der Waals surface area contributed by atoms with Crippen molar-refractivity contribution in [2.45, 2.75) is 58.7 Å². The fourth-order valence-electron chi connectivity index (χ4n) is 3.06. The van der Waals surface area contributed by atoms with Crippen LogP contribution in [0.4, 0.5) is 0 Å². The number of benzene rings is 1. The van der Waals surface area contributed by atoms with E-state index in [2.05, 4.69) is 52.1 Å². The maximum atomic E-state index is 4.17. The molecule has 1 aliphatic carbocycles. The van der Waals surface area contributed by atoms with Crippen molar-refractivity contribution in [3.8, 4) is 0 Å². The summed E-state index contributed by atoms with van der Waals surface area (Å²) in [6.07, 6.45) is 6.95. The third kappa shape index (κ3) is 3.16. The van der Waals surface area contributed by atoms with Gasteiger partial charge in [0.2, 0.25) is 0 Å². The molecule has 1 aliphatic rings. The van der Waals surface area contributed by atoms with Gasteiger partial charge in [-0.15, -0.1) is 10.2 Å². The van der Waals surface area contributed by atoms with Gasteiger partial charge in [-0.2, -0.15) is 0 Å². The minimum absolute atomic E-state index is 0.333. The van der Waals surface area contributed by atoms with E-state index in [0.717, 1.165) is 18.9 Å². The van der Waals surface area contributed by atoms with E-state index in [4.69, 9.17) is 0 Å². The topological polar surface area (TPSA) is 42.7 Å². The molecule has 0 fully saturated rings. The Morgan fingerprint density at radius 2 is 2.05 bits per heavy atom. The summed E-state index contributed by atoms with van der Waals surface area (Å²) in [5.41, 5.74) is 4.46. The summed E-state index contributed by atoms with van der Waals surface area (Å²) in [5, 5.41) is 11.7. The predicted octanol–water partition coefficient (Wildman–Crippen LogP) is 3.03. The Bertz CT molecular complexity index is 603. The highest BCUT2D eigenvalue weighted by molar-refractivity contribution is 5.35. The van der Waals surface area contributed by atoms with E-state index in [-0.39, 0.29) is 0 Å². The van der Waals surface area contributed by atoms with E-state index < -0.39 is 0 Å². The fraction of sp³-hybridized carbons (Fsp3) is 0.529. The van der Waals surface area contributed by atoms with Crippen LogP contribution < -0.4 is 5.32 Å². The number of aryl methyl sites for hydroxylation is 3. The third-order valence-electron chi connectivity index (χ3n) is 4.48. The van der Waals surface area contributed by atoms with Crippen LogP contribution in [0.1, 0.15) is 55.2 Å². The van der Waals surface area contributed by atoms with Crippen molar-refractivity contribution in [1.82, 2.24) is 20.1 Å². The maximum absolute atomic E-state index is 4.17. The van der Waals surface area contributed by atoms with Crippen molar-refractivity contribution >= 4 is 0 Å². The predicted molar refractivity (Wildman–Crippen MR) is 84.0 cm³/mol. The summed E-state index contributed by atoms with van der Waals surface area (Å²) in [6, 6.07) is 7.30. The number of hydrogen-bond donors (Lipinski definition) is 1. The smallest absolute Gasteiger partial charge is 0.146 e. The number of nitrogens with zero attached hydrogens (tertiary/aromatic N) is 3. The summed E-state index contributed by atoms with van der Waals surface area (Å²) in [7, 11) is 0. The molecule has 1 aromatic heterocycles. The lowest BCUT2D eigenvalue weighted by molar-refractivity contribution is 0.538. The molecule has 2 aromatic rings. The van der Waals surface area contributed by atoms with Crippen molar-refractivity contribution in [2.75, 3.05) is 0 Å². The molecule has 0 spiro atoms. The van der Waals surface area contributed by atoms with E-state index in [1.54, 1.807) is 17.5 Å². The zero-order valence-electron chi connectivity index (χ0n) is 13.0. The molecule has 0 saturated heterocycles. The van der Waals surface area contributed by atoms with Gasteiger partial charge in [-0.05, 0) is 56.2 Å². The Balaban J connectivity index is 1.66. The van der Waals surface area contributed by atoms with Crippen LogP contribution in [0.5, 0.6) is 0 Å². The molecule has 0 radical (unpaired) electrons. The maximum Gasteiger partial charge on any atom is 0.146 e. The SMILES string of the molecule is CCn1cnnc1CNC(C)c1ccc2c(c1)CCCC2. The first-order valence-corrected chi connectivity index (χ1v) is 7.99. The van der Waals surface area contributed by atoms with Crippen LogP contribution in [0.2, 0.25) is 0 Å². The van der Waals surface area contributed by atoms with E-state index in [1.165, 1.54) is 31.2 Å². The zero-order chi connectivity index (χ0) is 14.7. The number of nitrogens with one attached hydrogen (secondary N) is 1. The fourth-order valence-corrected chi connectivity index (χ4v) is 3.06. The van der Waals surface area contributed by atoms with Gasteiger partial charge in [0.15, 0.2) is 0 Å². The lowest BCUT2D eigenvalue weighted by Gasteiger charge is -2.20. The Morgan fingerprint density at radius 1 is 1.24 bits per heavy atom. The number of rotatable bonds is 5. The minimum atomic E-state index is 0.333. The van der Waals surface area contributed by atoms with Crippen LogP contribution in [0.15, 0.2) is 24.5 Å². The number of hydrogen-bond acceptors (Lipinski definition) is 3. The molecular formula is C17H24N4. The minimum Gasteiger partial charge on any atom is -0.317 e. The summed E-state index contributed by atoms with van der Waals surface area (Å²) < 4.78 is 2.08. The van der Waals surface area contributed by atoms with Gasteiger partial charge in [-0.3, -0.25) is 0 Å². The summed E-state index contributed by atoms with van der Waals surface area (Å²) >= 11 is 0. The second kappa shape index (κ2) is 6.39. The molecule has 0 bridgehead atoms. The van der Waals surface area contributed by atoms with Gasteiger partial charge in [-0.1, -0.05) is 18.2 Å². The molecule has 1 heterocycles.